The summed E-state index contributed by atoms with van der Waals surface area (Å²) in [4.78, 5) is 19.7. The number of nitrogens with one attached hydrogen (secondary N) is 1. The van der Waals surface area contributed by atoms with Crippen molar-refractivity contribution in [3.05, 3.63) is 59.9 Å². The molecule has 3 aromatic rings. The first-order chi connectivity index (χ1) is 13.7. The highest BCUT2D eigenvalue weighted by Crippen LogP contribution is 2.25. The number of nitrogens with zero attached hydrogens (tertiary/aromatic N) is 3. The number of halogens is 2. The Balaban J connectivity index is 0.00000160. The average molecular weight is 449 g/mol. The molecule has 5 nitrogen and oxygen atoms in total. The molecule has 4 rings (SSSR count). The van der Waals surface area contributed by atoms with Gasteiger partial charge in [-0.3, -0.25) is 9.36 Å². The summed E-state index contributed by atoms with van der Waals surface area (Å²) in [5, 5.41) is 3.22. The van der Waals surface area contributed by atoms with Crippen LogP contribution in [0.15, 0.2) is 48.5 Å². The van der Waals surface area contributed by atoms with Crippen LogP contribution in [0.5, 0.6) is 0 Å². The first-order valence-corrected chi connectivity index (χ1v) is 10.2. The Kier molecular flexibility index (Phi) is 8.71. The molecule has 0 aliphatic carbocycles. The van der Waals surface area contributed by atoms with Gasteiger partial charge in [-0.1, -0.05) is 18.2 Å². The van der Waals surface area contributed by atoms with Crippen molar-refractivity contribution in [1.82, 2.24) is 19.8 Å². The highest BCUT2D eigenvalue weighted by atomic mass is 35.5. The largest absolute Gasteiger partial charge is 0.339 e. The van der Waals surface area contributed by atoms with Gasteiger partial charge in [0, 0.05) is 24.3 Å². The molecule has 0 spiro atoms. The SMILES string of the molecule is CNCCC1CCN(C(=O)c2ccc3c(c2)nc(C)n3-c2ccccc2)CC1.Cl.Cl. The average Bonchev–Trinajstić information content (AvgIpc) is 3.07. The minimum absolute atomic E-state index is 0. The summed E-state index contributed by atoms with van der Waals surface area (Å²) in [7, 11) is 2.00. The van der Waals surface area contributed by atoms with Crippen LogP contribution in [-0.2, 0) is 0 Å². The summed E-state index contributed by atoms with van der Waals surface area (Å²) >= 11 is 0. The lowest BCUT2D eigenvalue weighted by Gasteiger charge is -2.32. The van der Waals surface area contributed by atoms with Gasteiger partial charge in [0.1, 0.15) is 5.82 Å². The number of piperidine rings is 1. The van der Waals surface area contributed by atoms with Gasteiger partial charge in [0.05, 0.1) is 11.0 Å². The minimum Gasteiger partial charge on any atom is -0.339 e. The molecule has 1 amide bonds. The van der Waals surface area contributed by atoms with Gasteiger partial charge in [-0.2, -0.15) is 0 Å². The molecule has 7 heteroatoms. The number of hydrogen-bond donors (Lipinski definition) is 1. The van der Waals surface area contributed by atoms with E-state index in [-0.39, 0.29) is 30.7 Å². The molecule has 1 saturated heterocycles. The maximum absolute atomic E-state index is 13.0. The van der Waals surface area contributed by atoms with E-state index in [0.717, 1.165) is 66.5 Å². The molecule has 162 valence electrons. The van der Waals surface area contributed by atoms with Crippen LogP contribution in [0.3, 0.4) is 0 Å². The van der Waals surface area contributed by atoms with Gasteiger partial charge in [-0.05, 0) is 76.0 Å². The molecule has 1 aromatic heterocycles. The molecule has 2 aromatic carbocycles. The number of hydrogen-bond acceptors (Lipinski definition) is 3. The summed E-state index contributed by atoms with van der Waals surface area (Å²) in [6, 6.07) is 16.1. The molecule has 0 atom stereocenters. The van der Waals surface area contributed by atoms with E-state index in [4.69, 9.17) is 4.98 Å². The lowest BCUT2D eigenvalue weighted by atomic mass is 9.93. The summed E-state index contributed by atoms with van der Waals surface area (Å²) in [5.41, 5.74) is 3.73. The van der Waals surface area contributed by atoms with E-state index in [2.05, 4.69) is 22.0 Å². The third-order valence-electron chi connectivity index (χ3n) is 5.79. The second-order valence-electron chi connectivity index (χ2n) is 7.66. The number of aryl methyl sites for hydroxylation is 1. The summed E-state index contributed by atoms with van der Waals surface area (Å²) in [5.74, 6) is 1.78. The number of rotatable bonds is 5. The fraction of sp³-hybridized carbons (Fsp3) is 0.391. The van der Waals surface area contributed by atoms with Crippen LogP contribution < -0.4 is 5.32 Å². The number of imidazole rings is 1. The molecule has 1 fully saturated rings. The monoisotopic (exact) mass is 448 g/mol. The maximum Gasteiger partial charge on any atom is 0.253 e. The zero-order valence-electron chi connectivity index (χ0n) is 17.5. The number of amides is 1. The molecule has 2 heterocycles. The molecular weight excluding hydrogens is 419 g/mol. The number of benzene rings is 2. The first-order valence-electron chi connectivity index (χ1n) is 10.2. The van der Waals surface area contributed by atoms with Crippen molar-refractivity contribution < 1.29 is 4.79 Å². The molecule has 0 bridgehead atoms. The van der Waals surface area contributed by atoms with Crippen molar-refractivity contribution in [3.63, 3.8) is 0 Å². The van der Waals surface area contributed by atoms with Crippen molar-refractivity contribution in [1.29, 1.82) is 0 Å². The van der Waals surface area contributed by atoms with E-state index in [1.807, 2.05) is 55.3 Å². The first kappa shape index (κ1) is 24.2. The summed E-state index contributed by atoms with van der Waals surface area (Å²) in [6.45, 7) is 4.76. The Morgan fingerprint density at radius 1 is 1.10 bits per heavy atom. The van der Waals surface area contributed by atoms with E-state index in [0.29, 0.717) is 0 Å². The standard InChI is InChI=1S/C23H28N4O.2ClH/c1-17-25-21-16-19(8-9-22(21)27(17)20-6-4-3-5-7-20)23(28)26-14-11-18(12-15-26)10-13-24-2;;/h3-9,16,18,24H,10-15H2,1-2H3;2*1H. The van der Waals surface area contributed by atoms with E-state index in [1.54, 1.807) is 0 Å². The Morgan fingerprint density at radius 2 is 1.80 bits per heavy atom. The van der Waals surface area contributed by atoms with Crippen molar-refractivity contribution >= 4 is 41.8 Å². The lowest BCUT2D eigenvalue weighted by molar-refractivity contribution is 0.0687. The van der Waals surface area contributed by atoms with Crippen molar-refractivity contribution in [2.24, 2.45) is 5.92 Å². The normalized spacial score (nSPS) is 14.3. The predicted molar refractivity (Wildman–Crippen MR) is 127 cm³/mol. The fourth-order valence-electron chi connectivity index (χ4n) is 4.19. The molecule has 0 radical (unpaired) electrons. The number of para-hydroxylation sites is 1. The highest BCUT2D eigenvalue weighted by Gasteiger charge is 2.24. The van der Waals surface area contributed by atoms with Crippen molar-refractivity contribution in [2.75, 3.05) is 26.7 Å². The third kappa shape index (κ3) is 4.97. The van der Waals surface area contributed by atoms with Gasteiger partial charge >= 0.3 is 0 Å². The zero-order chi connectivity index (χ0) is 19.5. The lowest BCUT2D eigenvalue weighted by Crippen LogP contribution is -2.38. The van der Waals surface area contributed by atoms with Crippen LogP contribution in [0.1, 0.15) is 35.4 Å². The third-order valence-corrected chi connectivity index (χ3v) is 5.79. The van der Waals surface area contributed by atoms with Gasteiger partial charge in [0.25, 0.3) is 5.91 Å². The molecule has 1 aliphatic heterocycles. The Labute approximate surface area is 190 Å². The Hall–Kier alpha value is -2.08. The number of likely N-dealkylation sites (tertiary alicyclic amines) is 1. The molecule has 0 unspecified atom stereocenters. The van der Waals surface area contributed by atoms with Gasteiger partial charge in [-0.25, -0.2) is 4.98 Å². The topological polar surface area (TPSA) is 50.2 Å². The van der Waals surface area contributed by atoms with Crippen LogP contribution in [-0.4, -0.2) is 47.0 Å². The van der Waals surface area contributed by atoms with Crippen LogP contribution in [0.4, 0.5) is 0 Å². The van der Waals surface area contributed by atoms with Gasteiger partial charge in [0.2, 0.25) is 0 Å². The molecule has 30 heavy (non-hydrogen) atoms. The van der Waals surface area contributed by atoms with Gasteiger partial charge in [-0.15, -0.1) is 24.8 Å². The zero-order valence-corrected chi connectivity index (χ0v) is 19.1. The quantitative estimate of drug-likeness (QED) is 0.618. The predicted octanol–water partition coefficient (Wildman–Crippen LogP) is 4.64. The molecule has 1 N–H and O–H groups in total. The summed E-state index contributed by atoms with van der Waals surface area (Å²) < 4.78 is 2.14. The van der Waals surface area contributed by atoms with Gasteiger partial charge in [0.15, 0.2) is 0 Å². The van der Waals surface area contributed by atoms with E-state index < -0.39 is 0 Å². The smallest absolute Gasteiger partial charge is 0.253 e. The van der Waals surface area contributed by atoms with Crippen LogP contribution in [0.25, 0.3) is 16.7 Å². The van der Waals surface area contributed by atoms with Crippen molar-refractivity contribution in [3.8, 4) is 5.69 Å². The second kappa shape index (κ2) is 10.8. The van der Waals surface area contributed by atoms with Crippen LogP contribution in [0, 0.1) is 12.8 Å². The minimum atomic E-state index is 0. The fourth-order valence-corrected chi connectivity index (χ4v) is 4.19. The number of carbonyl (C=O) groups excluding carboxylic acids is 1. The Bertz CT molecular complexity index is 966. The van der Waals surface area contributed by atoms with Gasteiger partial charge < -0.3 is 10.2 Å². The summed E-state index contributed by atoms with van der Waals surface area (Å²) in [6.07, 6.45) is 3.38. The van der Waals surface area contributed by atoms with E-state index in [9.17, 15) is 4.79 Å². The van der Waals surface area contributed by atoms with Crippen LogP contribution >= 0.6 is 24.8 Å². The molecule has 1 aliphatic rings. The molecular formula is C23H30Cl2N4O. The Morgan fingerprint density at radius 3 is 2.47 bits per heavy atom. The maximum atomic E-state index is 13.0. The number of aromatic nitrogens is 2. The van der Waals surface area contributed by atoms with E-state index >= 15 is 0 Å². The number of carbonyl (C=O) groups is 1. The number of fused-ring (bicyclic) bond motifs is 1. The molecule has 0 saturated carbocycles. The van der Waals surface area contributed by atoms with E-state index in [1.165, 1.54) is 6.42 Å². The van der Waals surface area contributed by atoms with Crippen LogP contribution in [0.2, 0.25) is 0 Å². The van der Waals surface area contributed by atoms with Crippen molar-refractivity contribution in [2.45, 2.75) is 26.2 Å². The highest BCUT2D eigenvalue weighted by molar-refractivity contribution is 5.97. The second-order valence-corrected chi connectivity index (χ2v) is 7.66.